The normalized spacial score (nSPS) is 16.0. The molecule has 2 aromatic rings. The monoisotopic (exact) mass is 403 g/mol. The summed E-state index contributed by atoms with van der Waals surface area (Å²) >= 11 is 1.76. The Morgan fingerprint density at radius 1 is 1.14 bits per heavy atom. The van der Waals surface area contributed by atoms with Crippen molar-refractivity contribution in [3.63, 3.8) is 0 Å². The molecule has 1 saturated heterocycles. The Labute approximate surface area is 169 Å². The zero-order valence-corrected chi connectivity index (χ0v) is 16.7. The minimum absolute atomic E-state index is 0.0221. The summed E-state index contributed by atoms with van der Waals surface area (Å²) in [4.78, 5) is 16.1. The number of rotatable bonds is 8. The van der Waals surface area contributed by atoms with Crippen molar-refractivity contribution in [1.82, 2.24) is 4.90 Å². The number of ether oxygens (including phenoxy) is 1. The number of aliphatic hydroxyl groups excluding tert-OH is 1. The number of thioether (sulfide) groups is 1. The highest BCUT2D eigenvalue weighted by atomic mass is 32.2. The predicted molar refractivity (Wildman–Crippen MR) is 111 cm³/mol. The van der Waals surface area contributed by atoms with E-state index < -0.39 is 11.0 Å². The van der Waals surface area contributed by atoms with E-state index in [0.29, 0.717) is 12.3 Å². The fourth-order valence-corrected chi connectivity index (χ4v) is 3.89. The Hall–Kier alpha value is -2.29. The molecule has 0 amide bonds. The number of para-hydroxylation sites is 1. The quantitative estimate of drug-likeness (QED) is 0.412. The molecule has 1 atom stereocenters. The number of β-amino-alcohol motifs (C(OH)–C–C–N with tert-alkyl or cyclic N) is 1. The van der Waals surface area contributed by atoms with Crippen molar-refractivity contribution in [2.45, 2.75) is 11.0 Å². The first-order chi connectivity index (χ1) is 13.6. The van der Waals surface area contributed by atoms with Crippen LogP contribution in [-0.4, -0.2) is 66.6 Å². The maximum atomic E-state index is 10.7. The SMILES string of the molecule is CSc1ccccc1N1CCN(CC(O)COc2ccc([N+](=O)[O-])cc2)CC1. The Balaban J connectivity index is 1.43. The van der Waals surface area contributed by atoms with Crippen LogP contribution in [0.1, 0.15) is 0 Å². The van der Waals surface area contributed by atoms with E-state index in [1.54, 1.807) is 23.9 Å². The number of hydrogen-bond donors (Lipinski definition) is 1. The van der Waals surface area contributed by atoms with Crippen LogP contribution in [0.2, 0.25) is 0 Å². The molecule has 0 saturated carbocycles. The summed E-state index contributed by atoms with van der Waals surface area (Å²) in [6.07, 6.45) is 1.48. The van der Waals surface area contributed by atoms with E-state index in [9.17, 15) is 15.2 Å². The van der Waals surface area contributed by atoms with Crippen LogP contribution in [0.15, 0.2) is 53.4 Å². The molecule has 1 aliphatic heterocycles. The molecule has 1 aliphatic rings. The standard InChI is InChI=1S/C20H25N3O4S/c1-28-20-5-3-2-4-19(20)22-12-10-21(11-13-22)14-17(24)15-27-18-8-6-16(7-9-18)23(25)26/h2-9,17,24H,10-15H2,1H3. The van der Waals surface area contributed by atoms with E-state index in [-0.39, 0.29) is 12.3 Å². The summed E-state index contributed by atoms with van der Waals surface area (Å²) in [6, 6.07) is 14.3. The van der Waals surface area contributed by atoms with Crippen LogP contribution in [0.25, 0.3) is 0 Å². The molecule has 28 heavy (non-hydrogen) atoms. The molecule has 8 heteroatoms. The lowest BCUT2D eigenvalue weighted by Crippen LogP contribution is -2.49. The first-order valence-electron chi connectivity index (χ1n) is 9.22. The second kappa shape index (κ2) is 9.77. The average molecular weight is 404 g/mol. The van der Waals surface area contributed by atoms with Gasteiger partial charge in [-0.1, -0.05) is 12.1 Å². The van der Waals surface area contributed by atoms with Crippen LogP contribution in [0.3, 0.4) is 0 Å². The maximum absolute atomic E-state index is 10.7. The van der Waals surface area contributed by atoms with Crippen molar-refractivity contribution in [3.8, 4) is 5.75 Å². The van der Waals surface area contributed by atoms with Crippen LogP contribution < -0.4 is 9.64 Å². The molecule has 0 radical (unpaired) electrons. The van der Waals surface area contributed by atoms with Gasteiger partial charge >= 0.3 is 0 Å². The van der Waals surface area contributed by atoms with Crippen molar-refractivity contribution < 1.29 is 14.8 Å². The molecule has 2 aromatic carbocycles. The van der Waals surface area contributed by atoms with Gasteiger partial charge in [-0.2, -0.15) is 0 Å². The fraction of sp³-hybridized carbons (Fsp3) is 0.400. The molecule has 1 fully saturated rings. The summed E-state index contributed by atoms with van der Waals surface area (Å²) in [5.74, 6) is 0.517. The molecule has 7 nitrogen and oxygen atoms in total. The smallest absolute Gasteiger partial charge is 0.269 e. The number of piperazine rings is 1. The largest absolute Gasteiger partial charge is 0.491 e. The topological polar surface area (TPSA) is 79.1 Å². The second-order valence-corrected chi connectivity index (χ2v) is 7.52. The second-order valence-electron chi connectivity index (χ2n) is 6.68. The molecule has 1 heterocycles. The zero-order chi connectivity index (χ0) is 19.9. The Kier molecular flexibility index (Phi) is 7.13. The van der Waals surface area contributed by atoms with E-state index in [1.807, 2.05) is 0 Å². The van der Waals surface area contributed by atoms with Gasteiger partial charge in [0, 0.05) is 49.8 Å². The highest BCUT2D eigenvalue weighted by Crippen LogP contribution is 2.29. The Bertz CT molecular complexity index is 779. The third kappa shape index (κ3) is 5.37. The number of nitro groups is 1. The van der Waals surface area contributed by atoms with Gasteiger partial charge in [0.2, 0.25) is 0 Å². The molecule has 3 rings (SSSR count). The van der Waals surface area contributed by atoms with Crippen LogP contribution in [0, 0.1) is 10.1 Å². The molecule has 0 aromatic heterocycles. The van der Waals surface area contributed by atoms with Gasteiger partial charge in [-0.05, 0) is 30.5 Å². The molecule has 1 unspecified atom stereocenters. The summed E-state index contributed by atoms with van der Waals surface area (Å²) in [5, 5.41) is 20.9. The van der Waals surface area contributed by atoms with Crippen molar-refractivity contribution in [1.29, 1.82) is 0 Å². The van der Waals surface area contributed by atoms with Crippen molar-refractivity contribution in [2.24, 2.45) is 0 Å². The van der Waals surface area contributed by atoms with E-state index in [1.165, 1.54) is 22.7 Å². The highest BCUT2D eigenvalue weighted by molar-refractivity contribution is 7.98. The van der Waals surface area contributed by atoms with Crippen LogP contribution in [0.4, 0.5) is 11.4 Å². The number of hydrogen-bond acceptors (Lipinski definition) is 7. The van der Waals surface area contributed by atoms with E-state index in [4.69, 9.17) is 4.74 Å². The number of benzene rings is 2. The summed E-state index contributed by atoms with van der Waals surface area (Å²) in [7, 11) is 0. The fourth-order valence-electron chi connectivity index (χ4n) is 3.27. The van der Waals surface area contributed by atoms with Crippen LogP contribution in [-0.2, 0) is 0 Å². The van der Waals surface area contributed by atoms with E-state index in [2.05, 4.69) is 40.3 Å². The molecule has 0 aliphatic carbocycles. The van der Waals surface area contributed by atoms with Gasteiger partial charge in [0.1, 0.15) is 18.5 Å². The van der Waals surface area contributed by atoms with Crippen LogP contribution >= 0.6 is 11.8 Å². The lowest BCUT2D eigenvalue weighted by Gasteiger charge is -2.37. The van der Waals surface area contributed by atoms with E-state index in [0.717, 1.165) is 26.2 Å². The first kappa shape index (κ1) is 20.4. The summed E-state index contributed by atoms with van der Waals surface area (Å²) < 4.78 is 5.55. The lowest BCUT2D eigenvalue weighted by molar-refractivity contribution is -0.384. The number of nitro benzene ring substituents is 1. The predicted octanol–water partition coefficient (Wildman–Crippen LogP) is 2.88. The Morgan fingerprint density at radius 3 is 2.46 bits per heavy atom. The minimum Gasteiger partial charge on any atom is -0.491 e. The molecule has 1 N–H and O–H groups in total. The molecule has 0 bridgehead atoms. The van der Waals surface area contributed by atoms with Gasteiger partial charge < -0.3 is 14.7 Å². The third-order valence-electron chi connectivity index (χ3n) is 4.76. The van der Waals surface area contributed by atoms with Gasteiger partial charge in [-0.25, -0.2) is 0 Å². The van der Waals surface area contributed by atoms with Crippen LogP contribution in [0.5, 0.6) is 5.75 Å². The third-order valence-corrected chi connectivity index (χ3v) is 5.54. The van der Waals surface area contributed by atoms with Gasteiger partial charge in [-0.15, -0.1) is 11.8 Å². The Morgan fingerprint density at radius 2 is 1.82 bits per heavy atom. The van der Waals surface area contributed by atoms with Gasteiger partial charge in [0.25, 0.3) is 5.69 Å². The zero-order valence-electron chi connectivity index (χ0n) is 15.9. The maximum Gasteiger partial charge on any atom is 0.269 e. The number of anilines is 1. The van der Waals surface area contributed by atoms with Crippen molar-refractivity contribution in [3.05, 3.63) is 58.6 Å². The number of non-ortho nitro benzene ring substituents is 1. The summed E-state index contributed by atoms with van der Waals surface area (Å²) in [6.45, 7) is 4.33. The number of aliphatic hydroxyl groups is 1. The van der Waals surface area contributed by atoms with Gasteiger partial charge in [0.05, 0.1) is 10.6 Å². The summed E-state index contributed by atoms with van der Waals surface area (Å²) in [5.41, 5.74) is 1.30. The highest BCUT2D eigenvalue weighted by Gasteiger charge is 2.21. The lowest BCUT2D eigenvalue weighted by atomic mass is 10.2. The molecule has 0 spiro atoms. The van der Waals surface area contributed by atoms with Crippen molar-refractivity contribution >= 4 is 23.1 Å². The molecular formula is C20H25N3O4S. The number of nitrogens with zero attached hydrogens (tertiary/aromatic N) is 3. The van der Waals surface area contributed by atoms with Gasteiger partial charge in [0.15, 0.2) is 0 Å². The first-order valence-corrected chi connectivity index (χ1v) is 10.4. The molecular weight excluding hydrogens is 378 g/mol. The van der Waals surface area contributed by atoms with E-state index >= 15 is 0 Å². The van der Waals surface area contributed by atoms with Gasteiger partial charge in [-0.3, -0.25) is 15.0 Å². The minimum atomic E-state index is -0.611. The molecule has 150 valence electrons. The average Bonchev–Trinajstić information content (AvgIpc) is 2.73. The van der Waals surface area contributed by atoms with Crippen molar-refractivity contribution in [2.75, 3.05) is 50.5 Å².